The molecule has 0 unspecified atom stereocenters. The Bertz CT molecular complexity index is 1590. The van der Waals surface area contributed by atoms with Crippen LogP contribution in [0.3, 0.4) is 0 Å². The highest BCUT2D eigenvalue weighted by atomic mass is 32.1. The summed E-state index contributed by atoms with van der Waals surface area (Å²) in [6, 6.07) is 18.2. The predicted molar refractivity (Wildman–Crippen MR) is 169 cm³/mol. The summed E-state index contributed by atoms with van der Waals surface area (Å²) >= 11 is 0.772. The van der Waals surface area contributed by atoms with Gasteiger partial charge in [-0.15, -0.1) is 11.3 Å². The number of nitrogens with one attached hydrogen (secondary N) is 2. The zero-order chi connectivity index (χ0) is 31.4. The van der Waals surface area contributed by atoms with Gasteiger partial charge in [-0.05, 0) is 67.1 Å². The smallest absolute Gasteiger partial charge is 0.410 e. The second kappa shape index (κ2) is 13.4. The molecule has 1 aliphatic rings. The van der Waals surface area contributed by atoms with Crippen LogP contribution in [0.2, 0.25) is 0 Å². The number of alkyl halides is 2. The summed E-state index contributed by atoms with van der Waals surface area (Å²) in [5, 5.41) is 6.34. The van der Waals surface area contributed by atoms with Gasteiger partial charge in [0.05, 0.1) is 20.8 Å². The number of halogens is 2. The van der Waals surface area contributed by atoms with E-state index in [1.807, 2.05) is 60.0 Å². The first kappa shape index (κ1) is 31.6. The average molecular weight is 624 g/mol. The summed E-state index contributed by atoms with van der Waals surface area (Å²) in [5.74, 6) is -0.130. The summed E-state index contributed by atoms with van der Waals surface area (Å²) in [4.78, 5) is 33.0. The topological polar surface area (TPSA) is 88.5 Å². The maximum Gasteiger partial charge on any atom is 0.410 e. The summed E-state index contributed by atoms with van der Waals surface area (Å²) in [7, 11) is 0. The number of amides is 2. The Kier molecular flexibility index (Phi) is 9.65. The Hall–Kier alpha value is -3.83. The number of hydrogen-bond acceptors (Lipinski definition) is 6. The molecule has 0 radical (unpaired) electrons. The molecule has 0 bridgehead atoms. The zero-order valence-corrected chi connectivity index (χ0v) is 26.3. The second-order valence-corrected chi connectivity index (χ2v) is 13.4. The van der Waals surface area contributed by atoms with E-state index in [-0.39, 0.29) is 33.9 Å². The van der Waals surface area contributed by atoms with Crippen molar-refractivity contribution in [3.63, 3.8) is 0 Å². The first-order chi connectivity index (χ1) is 21.0. The number of aromatic nitrogens is 2. The van der Waals surface area contributed by atoms with Crippen molar-refractivity contribution in [2.45, 2.75) is 78.7 Å². The average Bonchev–Trinajstić information content (AvgIpc) is 3.76. The van der Waals surface area contributed by atoms with Gasteiger partial charge in [-0.3, -0.25) is 10.1 Å². The highest BCUT2D eigenvalue weighted by Crippen LogP contribution is 2.30. The van der Waals surface area contributed by atoms with Crippen LogP contribution in [0.25, 0.3) is 11.0 Å². The predicted octanol–water partition coefficient (Wildman–Crippen LogP) is 7.61. The largest absolute Gasteiger partial charge is 0.445 e. The summed E-state index contributed by atoms with van der Waals surface area (Å²) in [6.07, 6.45) is -0.967. The number of nitrogens with zero attached hydrogens (tertiary/aromatic N) is 3. The minimum absolute atomic E-state index is 0.133. The van der Waals surface area contributed by atoms with Crippen molar-refractivity contribution in [1.82, 2.24) is 19.8 Å². The molecule has 0 saturated carbocycles. The maximum absolute atomic E-state index is 13.4. The molecular formula is C33H39F2N5O3S. The quantitative estimate of drug-likeness (QED) is 0.190. The van der Waals surface area contributed by atoms with E-state index >= 15 is 0 Å². The van der Waals surface area contributed by atoms with Crippen LogP contribution in [-0.4, -0.2) is 45.1 Å². The molecule has 8 nitrogen and oxygen atoms in total. The van der Waals surface area contributed by atoms with Gasteiger partial charge in [-0.25, -0.2) is 18.6 Å². The van der Waals surface area contributed by atoms with Crippen LogP contribution in [0, 0.1) is 5.41 Å². The van der Waals surface area contributed by atoms with Crippen LogP contribution in [0.4, 0.5) is 19.5 Å². The van der Waals surface area contributed by atoms with Gasteiger partial charge in [0.1, 0.15) is 6.61 Å². The Labute approximate surface area is 260 Å². The molecular weight excluding hydrogens is 584 g/mol. The molecule has 234 valence electrons. The number of hydrogen-bond donors (Lipinski definition) is 2. The molecule has 0 aliphatic carbocycles. The van der Waals surface area contributed by atoms with Crippen molar-refractivity contribution in [2.75, 3.05) is 11.9 Å². The van der Waals surface area contributed by atoms with E-state index in [0.717, 1.165) is 47.4 Å². The van der Waals surface area contributed by atoms with E-state index in [1.54, 1.807) is 4.90 Å². The lowest BCUT2D eigenvalue weighted by molar-refractivity contribution is 0.0540. The van der Waals surface area contributed by atoms with Crippen molar-refractivity contribution in [3.05, 3.63) is 81.5 Å². The number of anilines is 1. The van der Waals surface area contributed by atoms with Crippen molar-refractivity contribution < 1.29 is 23.1 Å². The van der Waals surface area contributed by atoms with E-state index in [9.17, 15) is 18.4 Å². The third kappa shape index (κ3) is 7.44. The van der Waals surface area contributed by atoms with Crippen molar-refractivity contribution in [3.8, 4) is 0 Å². The van der Waals surface area contributed by atoms with Crippen molar-refractivity contribution in [1.29, 1.82) is 0 Å². The van der Waals surface area contributed by atoms with E-state index in [2.05, 4.69) is 31.4 Å². The molecule has 3 heterocycles. The summed E-state index contributed by atoms with van der Waals surface area (Å²) in [6.45, 7) is 10.3. The van der Waals surface area contributed by atoms with Gasteiger partial charge in [-0.2, -0.15) is 0 Å². The van der Waals surface area contributed by atoms with Gasteiger partial charge < -0.3 is 19.5 Å². The fourth-order valence-corrected chi connectivity index (χ4v) is 6.03. The molecule has 2 aromatic heterocycles. The number of carbonyl (C=O) groups excluding carboxylic acids is 2. The molecule has 2 atom stereocenters. The molecule has 1 aliphatic heterocycles. The summed E-state index contributed by atoms with van der Waals surface area (Å²) in [5.41, 5.74) is 3.08. The molecule has 1 fully saturated rings. The number of thiophene rings is 1. The lowest BCUT2D eigenvalue weighted by Crippen LogP contribution is -2.45. The number of benzene rings is 2. The third-order valence-corrected chi connectivity index (χ3v) is 9.27. The van der Waals surface area contributed by atoms with Crippen molar-refractivity contribution in [2.24, 2.45) is 5.41 Å². The van der Waals surface area contributed by atoms with E-state index in [1.165, 1.54) is 12.1 Å². The fourth-order valence-electron chi connectivity index (χ4n) is 5.27. The minimum atomic E-state index is -2.63. The first-order valence-electron chi connectivity index (χ1n) is 14.9. The molecule has 2 aromatic carbocycles. The Morgan fingerprint density at radius 2 is 1.91 bits per heavy atom. The molecule has 44 heavy (non-hydrogen) atoms. The fraction of sp³-hybridized carbons (Fsp3) is 0.424. The van der Waals surface area contributed by atoms with Gasteiger partial charge in [0, 0.05) is 25.2 Å². The molecule has 4 aromatic rings. The maximum atomic E-state index is 13.4. The number of ether oxygens (including phenoxy) is 1. The zero-order valence-electron chi connectivity index (χ0n) is 25.5. The molecule has 2 N–H and O–H groups in total. The van der Waals surface area contributed by atoms with Gasteiger partial charge >= 0.3 is 6.09 Å². The Balaban J connectivity index is 1.42. The van der Waals surface area contributed by atoms with Gasteiger partial charge in [0.15, 0.2) is 0 Å². The summed E-state index contributed by atoms with van der Waals surface area (Å²) < 4.78 is 34.0. The van der Waals surface area contributed by atoms with Crippen LogP contribution in [0.1, 0.15) is 72.6 Å². The van der Waals surface area contributed by atoms with E-state index < -0.39 is 18.4 Å². The van der Waals surface area contributed by atoms with E-state index in [4.69, 9.17) is 9.72 Å². The second-order valence-electron chi connectivity index (χ2n) is 12.3. The van der Waals surface area contributed by atoms with Gasteiger partial charge in [-0.1, -0.05) is 57.2 Å². The SMILES string of the molecule is C[C@H](N(Cc1ccc2c(c1)nc(NC(=O)c1ccc(C(F)F)s1)n2C[C@H]1CCCN1)C(=O)OCc1ccccc1)C(C)(C)C. The van der Waals surface area contributed by atoms with Gasteiger partial charge in [0.2, 0.25) is 5.95 Å². The third-order valence-electron chi connectivity index (χ3n) is 8.18. The minimum Gasteiger partial charge on any atom is -0.445 e. The number of fused-ring (bicyclic) bond motifs is 1. The molecule has 5 rings (SSSR count). The first-order valence-corrected chi connectivity index (χ1v) is 15.7. The molecule has 2 amide bonds. The van der Waals surface area contributed by atoms with Crippen LogP contribution in [0.15, 0.2) is 60.7 Å². The van der Waals surface area contributed by atoms with E-state index in [0.29, 0.717) is 24.6 Å². The standard InChI is InChI=1S/C33H39F2N5O3S/c1-21(33(2,3)4)39(32(42)43-20-22-9-6-5-7-10-22)18-23-12-13-26-25(17-23)37-31(40(26)19-24-11-8-16-36-24)38-30(41)28-15-14-27(44-28)29(34)35/h5-7,9-10,12-15,17,21,24,29,36H,8,11,16,18-20H2,1-4H3,(H,37,38,41)/t21-,24+/m0/s1. The molecule has 0 spiro atoms. The monoisotopic (exact) mass is 623 g/mol. The number of carbonyl (C=O) groups is 2. The van der Waals surface area contributed by atoms with Crippen LogP contribution >= 0.6 is 11.3 Å². The number of rotatable bonds is 10. The lowest BCUT2D eigenvalue weighted by atomic mass is 9.87. The van der Waals surface area contributed by atoms with Crippen LogP contribution in [0.5, 0.6) is 0 Å². The lowest BCUT2D eigenvalue weighted by Gasteiger charge is -2.37. The van der Waals surface area contributed by atoms with Gasteiger partial charge in [0.25, 0.3) is 12.3 Å². The van der Waals surface area contributed by atoms with Crippen LogP contribution in [-0.2, 0) is 24.4 Å². The Morgan fingerprint density at radius 3 is 2.57 bits per heavy atom. The molecule has 11 heteroatoms. The molecule has 1 saturated heterocycles. The van der Waals surface area contributed by atoms with Crippen molar-refractivity contribution >= 4 is 40.3 Å². The highest BCUT2D eigenvalue weighted by molar-refractivity contribution is 7.14. The van der Waals surface area contributed by atoms with Crippen LogP contribution < -0.4 is 10.6 Å². The number of imidazole rings is 1. The highest BCUT2D eigenvalue weighted by Gasteiger charge is 2.31. The Morgan fingerprint density at radius 1 is 1.14 bits per heavy atom. The normalized spacial score (nSPS) is 15.9.